The molecule has 2 N–H and O–H groups in total. The van der Waals surface area contributed by atoms with E-state index in [9.17, 15) is 0 Å². The molecule has 0 amide bonds. The molecule has 0 spiro atoms. The van der Waals surface area contributed by atoms with Crippen molar-refractivity contribution in [3.05, 3.63) is 11.6 Å². The number of nitrogens with two attached hydrogens (primary N) is 1. The van der Waals surface area contributed by atoms with Crippen LogP contribution in [0.25, 0.3) is 0 Å². The SMILES string of the molecule is Cl.NCCN1CCCN(c2nccs2)CC1. The van der Waals surface area contributed by atoms with Crippen molar-refractivity contribution in [2.24, 2.45) is 5.73 Å². The van der Waals surface area contributed by atoms with Crippen LogP contribution in [0.5, 0.6) is 0 Å². The van der Waals surface area contributed by atoms with E-state index < -0.39 is 0 Å². The molecule has 1 saturated heterocycles. The molecule has 1 aliphatic rings. The topological polar surface area (TPSA) is 45.4 Å². The van der Waals surface area contributed by atoms with Gasteiger partial charge in [0, 0.05) is 44.3 Å². The van der Waals surface area contributed by atoms with Gasteiger partial charge in [0.15, 0.2) is 5.13 Å². The van der Waals surface area contributed by atoms with E-state index in [1.807, 2.05) is 11.6 Å². The van der Waals surface area contributed by atoms with Crippen LogP contribution in [0.4, 0.5) is 5.13 Å². The summed E-state index contributed by atoms with van der Waals surface area (Å²) in [4.78, 5) is 9.17. The molecule has 4 nitrogen and oxygen atoms in total. The Morgan fingerprint density at radius 2 is 2.19 bits per heavy atom. The minimum atomic E-state index is 0. The normalized spacial score (nSPS) is 17.9. The van der Waals surface area contributed by atoms with Crippen LogP contribution < -0.4 is 10.6 Å². The third kappa shape index (κ3) is 3.59. The summed E-state index contributed by atoms with van der Waals surface area (Å²) in [5, 5.41) is 3.20. The van der Waals surface area contributed by atoms with Gasteiger partial charge < -0.3 is 15.5 Å². The van der Waals surface area contributed by atoms with Crippen LogP contribution in [0, 0.1) is 0 Å². The summed E-state index contributed by atoms with van der Waals surface area (Å²) in [7, 11) is 0. The van der Waals surface area contributed by atoms with E-state index in [2.05, 4.69) is 14.8 Å². The summed E-state index contributed by atoms with van der Waals surface area (Å²) < 4.78 is 0. The molecule has 1 aliphatic heterocycles. The third-order valence-electron chi connectivity index (χ3n) is 2.72. The summed E-state index contributed by atoms with van der Waals surface area (Å²) >= 11 is 1.72. The molecule has 0 aliphatic carbocycles. The number of nitrogens with zero attached hydrogens (tertiary/aromatic N) is 3. The first-order valence-corrected chi connectivity index (χ1v) is 6.35. The smallest absolute Gasteiger partial charge is 0.185 e. The van der Waals surface area contributed by atoms with Gasteiger partial charge in [0.2, 0.25) is 0 Å². The first-order chi connectivity index (χ1) is 7.40. The predicted molar refractivity (Wildman–Crippen MR) is 71.7 cm³/mol. The zero-order chi connectivity index (χ0) is 10.5. The van der Waals surface area contributed by atoms with Gasteiger partial charge in [-0.1, -0.05) is 0 Å². The van der Waals surface area contributed by atoms with E-state index in [1.165, 1.54) is 13.0 Å². The minimum absolute atomic E-state index is 0. The summed E-state index contributed by atoms with van der Waals surface area (Å²) in [6.45, 7) is 6.25. The number of thiazole rings is 1. The van der Waals surface area contributed by atoms with Crippen LogP contribution >= 0.6 is 23.7 Å². The van der Waals surface area contributed by atoms with E-state index in [0.29, 0.717) is 0 Å². The van der Waals surface area contributed by atoms with E-state index in [-0.39, 0.29) is 12.4 Å². The molecule has 16 heavy (non-hydrogen) atoms. The quantitative estimate of drug-likeness (QED) is 0.884. The number of aromatic nitrogens is 1. The van der Waals surface area contributed by atoms with Crippen LogP contribution in [-0.2, 0) is 0 Å². The van der Waals surface area contributed by atoms with Crippen molar-refractivity contribution in [1.82, 2.24) is 9.88 Å². The average Bonchev–Trinajstić information content (AvgIpc) is 2.67. The summed E-state index contributed by atoms with van der Waals surface area (Å²) in [6, 6.07) is 0. The van der Waals surface area contributed by atoms with E-state index in [4.69, 9.17) is 5.73 Å². The molecule has 0 aromatic carbocycles. The highest BCUT2D eigenvalue weighted by Crippen LogP contribution is 2.18. The van der Waals surface area contributed by atoms with Crippen molar-refractivity contribution >= 4 is 28.9 Å². The van der Waals surface area contributed by atoms with Crippen molar-refractivity contribution in [2.45, 2.75) is 6.42 Å². The maximum absolute atomic E-state index is 5.57. The molecule has 6 heteroatoms. The number of rotatable bonds is 3. The van der Waals surface area contributed by atoms with Crippen LogP contribution in [0.2, 0.25) is 0 Å². The maximum Gasteiger partial charge on any atom is 0.185 e. The Labute approximate surface area is 107 Å². The fraction of sp³-hybridized carbons (Fsp3) is 0.700. The molecule has 0 radical (unpaired) electrons. The third-order valence-corrected chi connectivity index (χ3v) is 3.56. The zero-order valence-electron chi connectivity index (χ0n) is 9.34. The van der Waals surface area contributed by atoms with Crippen molar-refractivity contribution in [3.63, 3.8) is 0 Å². The lowest BCUT2D eigenvalue weighted by Gasteiger charge is -2.20. The van der Waals surface area contributed by atoms with Gasteiger partial charge >= 0.3 is 0 Å². The fourth-order valence-electron chi connectivity index (χ4n) is 1.94. The Morgan fingerprint density at radius 1 is 1.31 bits per heavy atom. The molecule has 0 bridgehead atoms. The minimum Gasteiger partial charge on any atom is -0.347 e. The Hall–Kier alpha value is -0.360. The fourth-order valence-corrected chi connectivity index (χ4v) is 2.64. The van der Waals surface area contributed by atoms with Crippen LogP contribution in [0.15, 0.2) is 11.6 Å². The lowest BCUT2D eigenvalue weighted by atomic mass is 10.4. The van der Waals surface area contributed by atoms with Gasteiger partial charge in [0.25, 0.3) is 0 Å². The Morgan fingerprint density at radius 3 is 2.88 bits per heavy atom. The number of anilines is 1. The number of hydrogen-bond acceptors (Lipinski definition) is 5. The predicted octanol–water partition coefficient (Wildman–Crippen LogP) is 1.04. The Balaban J connectivity index is 0.00000128. The van der Waals surface area contributed by atoms with Gasteiger partial charge in [-0.15, -0.1) is 23.7 Å². The molecule has 1 aromatic heterocycles. The second-order valence-electron chi connectivity index (χ2n) is 3.79. The second-order valence-corrected chi connectivity index (χ2v) is 4.66. The second kappa shape index (κ2) is 7.06. The van der Waals surface area contributed by atoms with Crippen molar-refractivity contribution in [1.29, 1.82) is 0 Å². The largest absolute Gasteiger partial charge is 0.347 e. The molecular weight excluding hydrogens is 244 g/mol. The van der Waals surface area contributed by atoms with Crippen LogP contribution in [0.1, 0.15) is 6.42 Å². The average molecular weight is 263 g/mol. The van der Waals surface area contributed by atoms with Gasteiger partial charge in [-0.2, -0.15) is 0 Å². The number of hydrogen-bond donors (Lipinski definition) is 1. The van der Waals surface area contributed by atoms with Gasteiger partial charge in [-0.3, -0.25) is 0 Å². The summed E-state index contributed by atoms with van der Waals surface area (Å²) in [5.41, 5.74) is 5.57. The van der Waals surface area contributed by atoms with Crippen molar-refractivity contribution in [2.75, 3.05) is 44.2 Å². The van der Waals surface area contributed by atoms with Crippen LogP contribution in [-0.4, -0.2) is 49.2 Å². The Kier molecular flexibility index (Phi) is 6.05. The van der Waals surface area contributed by atoms with Gasteiger partial charge in [-0.05, 0) is 13.0 Å². The van der Waals surface area contributed by atoms with E-state index in [0.717, 1.165) is 37.9 Å². The standard InChI is InChI=1S/C10H18N4S.ClH/c11-2-6-13-4-1-5-14(8-7-13)10-12-3-9-15-10;/h3,9H,1-2,4-8,11H2;1H. The van der Waals surface area contributed by atoms with Crippen LogP contribution in [0.3, 0.4) is 0 Å². The molecular formula is C10H19ClN4S. The first kappa shape index (κ1) is 13.7. The van der Waals surface area contributed by atoms with Gasteiger partial charge in [0.1, 0.15) is 0 Å². The molecule has 0 saturated carbocycles. The highest BCUT2D eigenvalue weighted by molar-refractivity contribution is 7.13. The highest BCUT2D eigenvalue weighted by Gasteiger charge is 2.15. The van der Waals surface area contributed by atoms with E-state index >= 15 is 0 Å². The molecule has 0 unspecified atom stereocenters. The molecule has 2 rings (SSSR count). The van der Waals surface area contributed by atoms with Crippen molar-refractivity contribution in [3.8, 4) is 0 Å². The molecule has 92 valence electrons. The number of halogens is 1. The molecule has 0 atom stereocenters. The lowest BCUT2D eigenvalue weighted by Crippen LogP contribution is -2.33. The maximum atomic E-state index is 5.57. The molecule has 2 heterocycles. The first-order valence-electron chi connectivity index (χ1n) is 5.47. The van der Waals surface area contributed by atoms with E-state index in [1.54, 1.807) is 11.3 Å². The lowest BCUT2D eigenvalue weighted by molar-refractivity contribution is 0.302. The van der Waals surface area contributed by atoms with Gasteiger partial charge in [0.05, 0.1) is 0 Å². The summed E-state index contributed by atoms with van der Waals surface area (Å²) in [6.07, 6.45) is 3.09. The molecule has 1 aromatic rings. The highest BCUT2D eigenvalue weighted by atomic mass is 35.5. The monoisotopic (exact) mass is 262 g/mol. The summed E-state index contributed by atoms with van der Waals surface area (Å²) in [5.74, 6) is 0. The Bertz CT molecular complexity index is 280. The van der Waals surface area contributed by atoms with Gasteiger partial charge in [-0.25, -0.2) is 4.98 Å². The molecule has 1 fully saturated rings. The zero-order valence-corrected chi connectivity index (χ0v) is 11.0. The van der Waals surface area contributed by atoms with Crippen molar-refractivity contribution < 1.29 is 0 Å².